The van der Waals surface area contributed by atoms with E-state index in [0.717, 1.165) is 74.4 Å². The van der Waals surface area contributed by atoms with Crippen molar-refractivity contribution in [1.82, 2.24) is 10.6 Å². The van der Waals surface area contributed by atoms with Gasteiger partial charge in [-0.3, -0.25) is 29.2 Å². The van der Waals surface area contributed by atoms with Gasteiger partial charge in [0.2, 0.25) is 11.8 Å². The summed E-state index contributed by atoms with van der Waals surface area (Å²) in [6.45, 7) is 0.811. The van der Waals surface area contributed by atoms with Gasteiger partial charge in [-0.15, -0.1) is 0 Å². The first-order chi connectivity index (χ1) is 32.1. The molecule has 364 valence electrons. The molecule has 0 aromatic heterocycles. The molecule has 0 heterocycles. The van der Waals surface area contributed by atoms with Crippen molar-refractivity contribution in [3.63, 3.8) is 0 Å². The average Bonchev–Trinajstić information content (AvgIpc) is 3.24. The first-order valence-corrected chi connectivity index (χ1v) is 27.2. The number of aromatic hydroxyl groups is 2. The highest BCUT2D eigenvalue weighted by Crippen LogP contribution is 2.67. The molecule has 4 atom stereocenters. The monoisotopic (exact) mass is 1010 g/mol. The van der Waals surface area contributed by atoms with Crippen LogP contribution in [0.3, 0.4) is 0 Å². The van der Waals surface area contributed by atoms with Crippen molar-refractivity contribution in [2.24, 2.45) is 34.5 Å². The van der Waals surface area contributed by atoms with E-state index >= 15 is 0 Å². The summed E-state index contributed by atoms with van der Waals surface area (Å²) >= 11 is 12.3. The molecule has 8 N–H and O–H groups in total. The Balaban J connectivity index is 0.000000174. The summed E-state index contributed by atoms with van der Waals surface area (Å²) in [5.41, 5.74) is 3.43. The van der Waals surface area contributed by atoms with Crippen LogP contribution in [-0.2, 0) is 42.4 Å². The van der Waals surface area contributed by atoms with Gasteiger partial charge in [0.05, 0.1) is 10.8 Å². The first-order valence-electron chi connectivity index (χ1n) is 23.3. The third-order valence-corrected chi connectivity index (χ3v) is 17.3. The Kier molecular flexibility index (Phi) is 13.4. The molecule has 4 unspecified atom stereocenters. The quantitative estimate of drug-likeness (QED) is 0.0436. The molecular formula is C50H58Cl2N2O12P2. The lowest BCUT2D eigenvalue weighted by Gasteiger charge is -2.61. The van der Waals surface area contributed by atoms with Gasteiger partial charge in [-0.05, 0) is 195 Å². The summed E-state index contributed by atoms with van der Waals surface area (Å²) in [6, 6.07) is 25.0. The van der Waals surface area contributed by atoms with Crippen LogP contribution in [0.25, 0.3) is 0 Å². The Hall–Kier alpha value is -4.10. The van der Waals surface area contributed by atoms with E-state index in [4.69, 9.17) is 33.0 Å². The van der Waals surface area contributed by atoms with Crippen molar-refractivity contribution in [3.8, 4) is 23.0 Å². The lowest BCUT2D eigenvalue weighted by molar-refractivity contribution is -0.149. The van der Waals surface area contributed by atoms with E-state index in [9.17, 15) is 38.7 Å². The van der Waals surface area contributed by atoms with Crippen molar-refractivity contribution in [2.45, 2.75) is 101 Å². The van der Waals surface area contributed by atoms with Crippen LogP contribution >= 0.6 is 38.8 Å². The molecule has 2 amide bonds. The molecule has 0 radical (unpaired) electrons. The van der Waals surface area contributed by atoms with Crippen LogP contribution in [0.2, 0.25) is 10.0 Å². The topological polar surface area (TPSA) is 232 Å². The molecule has 0 saturated heterocycles. The molecular weight excluding hydrogens is 953 g/mol. The summed E-state index contributed by atoms with van der Waals surface area (Å²) in [5.74, 6) is 1.23. The zero-order valence-electron chi connectivity index (χ0n) is 37.5. The van der Waals surface area contributed by atoms with Gasteiger partial charge in [-0.2, -0.15) is 0 Å². The predicted octanol–water partition coefficient (Wildman–Crippen LogP) is 9.43. The number of benzene rings is 4. The van der Waals surface area contributed by atoms with Gasteiger partial charge in [-0.25, -0.2) is 9.13 Å². The summed E-state index contributed by atoms with van der Waals surface area (Å²) in [5, 5.41) is 26.9. The Morgan fingerprint density at radius 2 is 0.941 bits per heavy atom. The van der Waals surface area contributed by atoms with Crippen LogP contribution in [0.15, 0.2) is 84.9 Å². The lowest BCUT2D eigenvalue weighted by atomic mass is 9.42. The maximum Gasteiger partial charge on any atom is 0.524 e. The zero-order chi connectivity index (χ0) is 48.3. The average molecular weight is 1010 g/mol. The van der Waals surface area contributed by atoms with Gasteiger partial charge in [-0.1, -0.05) is 59.6 Å². The molecule has 18 heteroatoms. The molecule has 8 fully saturated rings. The highest BCUT2D eigenvalue weighted by molar-refractivity contribution is 7.47. The van der Waals surface area contributed by atoms with Crippen molar-refractivity contribution in [2.75, 3.05) is 13.1 Å². The third kappa shape index (κ3) is 10.5. The molecule has 8 aliphatic carbocycles. The summed E-state index contributed by atoms with van der Waals surface area (Å²) in [4.78, 5) is 63.5. The molecule has 0 aliphatic heterocycles. The van der Waals surface area contributed by atoms with Gasteiger partial charge in [0.1, 0.15) is 0 Å². The Morgan fingerprint density at radius 1 is 0.544 bits per heavy atom. The van der Waals surface area contributed by atoms with Crippen molar-refractivity contribution < 1.29 is 57.6 Å². The third-order valence-electron chi connectivity index (χ3n) is 15.9. The van der Waals surface area contributed by atoms with Crippen LogP contribution < -0.4 is 19.7 Å². The number of phosphoric acid groups is 2. The second-order valence-electron chi connectivity index (χ2n) is 20.8. The minimum absolute atomic E-state index is 0.0184. The number of rotatable bonds is 14. The number of hydrogen-bond donors (Lipinski definition) is 8. The van der Waals surface area contributed by atoms with E-state index in [2.05, 4.69) is 43.9 Å². The lowest BCUT2D eigenvalue weighted by Crippen LogP contribution is -2.59. The fourth-order valence-electron chi connectivity index (χ4n) is 14.2. The van der Waals surface area contributed by atoms with E-state index in [-0.39, 0.29) is 46.1 Å². The Bertz CT molecular complexity index is 2630. The minimum Gasteiger partial charge on any atom is -0.504 e. The fourth-order valence-corrected chi connectivity index (χ4v) is 15.2. The molecule has 8 aliphatic rings. The highest BCUT2D eigenvalue weighted by atomic mass is 35.5. The van der Waals surface area contributed by atoms with Crippen LogP contribution in [-0.4, -0.2) is 54.7 Å². The number of phosphoric ester groups is 2. The molecule has 12 rings (SSSR count). The Morgan fingerprint density at radius 3 is 1.35 bits per heavy atom. The van der Waals surface area contributed by atoms with Gasteiger partial charge < -0.3 is 29.9 Å². The fraction of sp³-hybridized carbons (Fsp3) is 0.480. The van der Waals surface area contributed by atoms with E-state index in [1.807, 2.05) is 24.3 Å². The highest BCUT2D eigenvalue weighted by Gasteiger charge is 2.62. The van der Waals surface area contributed by atoms with Gasteiger partial charge in [0.15, 0.2) is 23.0 Å². The van der Waals surface area contributed by atoms with E-state index < -0.39 is 32.6 Å². The van der Waals surface area contributed by atoms with E-state index in [1.54, 1.807) is 12.1 Å². The van der Waals surface area contributed by atoms with Crippen molar-refractivity contribution >= 4 is 50.7 Å². The number of amides is 2. The second-order valence-corrected chi connectivity index (χ2v) is 24.0. The summed E-state index contributed by atoms with van der Waals surface area (Å²) in [7, 11) is -10.0. The largest absolute Gasteiger partial charge is 0.524 e. The molecule has 68 heavy (non-hydrogen) atoms. The number of hydrogen-bond acceptors (Lipinski definition) is 8. The Labute approximate surface area is 405 Å². The molecule has 4 aromatic carbocycles. The predicted molar refractivity (Wildman–Crippen MR) is 255 cm³/mol. The van der Waals surface area contributed by atoms with E-state index in [1.165, 1.54) is 48.6 Å². The molecule has 8 saturated carbocycles. The van der Waals surface area contributed by atoms with Crippen LogP contribution in [0.5, 0.6) is 23.0 Å². The van der Waals surface area contributed by atoms with Gasteiger partial charge >= 0.3 is 15.6 Å². The molecule has 14 nitrogen and oxygen atoms in total. The number of phenols is 2. The van der Waals surface area contributed by atoms with Crippen LogP contribution in [0.1, 0.15) is 99.3 Å². The van der Waals surface area contributed by atoms with Gasteiger partial charge in [0, 0.05) is 23.1 Å². The summed E-state index contributed by atoms with van der Waals surface area (Å²) < 4.78 is 31.6. The van der Waals surface area contributed by atoms with Crippen molar-refractivity contribution in [3.05, 3.63) is 117 Å². The molecule has 8 bridgehead atoms. The SMILES string of the molecule is O=C(NCCc1ccc(O)c(O)c1)C12CC3CC(C1)CC(c1ccc(Cl)cc1)(C3)C2.O=C(NCCc1ccc(OP(=O)(O)O)c(OP(=O)(O)O)c1)C12CC3CC(C1)CC(c1ccc(Cl)cc1)(C3)C2. The van der Waals surface area contributed by atoms with Crippen molar-refractivity contribution in [1.29, 1.82) is 0 Å². The number of carbonyl (C=O) groups excluding carboxylic acids is 2. The maximum absolute atomic E-state index is 13.6. The second kappa shape index (κ2) is 18.6. The van der Waals surface area contributed by atoms with Gasteiger partial charge in [0.25, 0.3) is 0 Å². The maximum atomic E-state index is 13.6. The minimum atomic E-state index is -5.02. The van der Waals surface area contributed by atoms with Crippen LogP contribution in [0, 0.1) is 34.5 Å². The first kappa shape index (κ1) is 48.9. The molecule has 0 spiro atoms. The number of carbonyl (C=O) groups is 2. The summed E-state index contributed by atoms with van der Waals surface area (Å²) in [6.07, 6.45) is 13.4. The van der Waals surface area contributed by atoms with Crippen LogP contribution in [0.4, 0.5) is 0 Å². The number of halogens is 2. The number of phenolic OH excluding ortho intramolecular Hbond substituents is 2. The normalized spacial score (nSPS) is 29.7. The molecule has 4 aromatic rings. The standard InChI is InChI=1S/C25H30ClNO9P2.C25H28ClNO3/c26-20-4-2-19(3-5-20)24-11-17-9-18(12-24)14-25(13-17,15-24)23(28)27-8-7-16-1-6-21(35-37(29,30)31)22(10-16)36-38(32,33)34;26-20-4-2-19(3-5-20)24-11-17-9-18(12-24)14-25(13-17,15-24)23(30)27-8-7-16-1-6-21(28)22(29)10-16/h1-6,10,17-18H,7-9,11-15H2,(H,27,28)(H2,29,30,31)(H2,32,33,34);1-6,10,17-18,28-29H,7-9,11-15H2,(H,27,30). The smallest absolute Gasteiger partial charge is 0.504 e. The number of nitrogens with one attached hydrogen (secondary N) is 2. The zero-order valence-corrected chi connectivity index (χ0v) is 40.8. The van der Waals surface area contributed by atoms with E-state index in [0.29, 0.717) is 53.6 Å².